The van der Waals surface area contributed by atoms with Crippen molar-refractivity contribution in [3.05, 3.63) is 77.6 Å². The minimum absolute atomic E-state index is 0.172. The number of carboxylic acids is 2. The lowest BCUT2D eigenvalue weighted by Crippen LogP contribution is -1.97. The highest BCUT2D eigenvalue weighted by molar-refractivity contribution is 5.89. The molecule has 0 unspecified atom stereocenters. The van der Waals surface area contributed by atoms with E-state index in [1.54, 1.807) is 41.2 Å². The van der Waals surface area contributed by atoms with E-state index in [0.717, 1.165) is 11.3 Å². The van der Waals surface area contributed by atoms with E-state index in [9.17, 15) is 14.9 Å². The van der Waals surface area contributed by atoms with Crippen LogP contribution in [0.5, 0.6) is 0 Å². The number of carboxylic acid groups (broad SMARTS) is 2. The van der Waals surface area contributed by atoms with Gasteiger partial charge in [0.05, 0.1) is 16.7 Å². The fourth-order valence-corrected chi connectivity index (χ4v) is 2.49. The molecule has 1 heterocycles. The molecule has 6 heteroatoms. The van der Waals surface area contributed by atoms with Crippen molar-refractivity contribution in [3.8, 4) is 22.9 Å². The molecule has 122 valence electrons. The Hall–Kier alpha value is -3.85. The summed E-state index contributed by atoms with van der Waals surface area (Å²) in [5.74, 6) is -2.01. The van der Waals surface area contributed by atoms with E-state index in [-0.39, 0.29) is 11.1 Å². The van der Waals surface area contributed by atoms with E-state index in [4.69, 9.17) is 10.2 Å². The van der Waals surface area contributed by atoms with Crippen molar-refractivity contribution >= 4 is 11.9 Å². The summed E-state index contributed by atoms with van der Waals surface area (Å²) in [6.45, 7) is 0. The molecule has 0 bridgehead atoms. The summed E-state index contributed by atoms with van der Waals surface area (Å²) in [4.78, 5) is 21.9. The van der Waals surface area contributed by atoms with Crippen LogP contribution >= 0.6 is 0 Å². The molecule has 0 amide bonds. The Kier molecular flexibility index (Phi) is 4.06. The highest BCUT2D eigenvalue weighted by Gasteiger charge is 2.11. The van der Waals surface area contributed by atoms with Gasteiger partial charge in [-0.05, 0) is 42.0 Å². The molecule has 0 aliphatic carbocycles. The lowest BCUT2D eigenvalue weighted by Gasteiger charge is -2.03. The van der Waals surface area contributed by atoms with Gasteiger partial charge in [0, 0.05) is 23.6 Å². The van der Waals surface area contributed by atoms with Crippen LogP contribution < -0.4 is 0 Å². The molecular formula is C19H12N2O4. The molecule has 0 aliphatic heterocycles. The van der Waals surface area contributed by atoms with Crippen molar-refractivity contribution in [1.29, 1.82) is 5.26 Å². The monoisotopic (exact) mass is 332 g/mol. The van der Waals surface area contributed by atoms with Gasteiger partial charge >= 0.3 is 11.9 Å². The molecule has 2 N–H and O–H groups in total. The number of rotatable bonds is 4. The van der Waals surface area contributed by atoms with E-state index < -0.39 is 11.9 Å². The largest absolute Gasteiger partial charge is 0.478 e. The van der Waals surface area contributed by atoms with Crippen LogP contribution in [0.1, 0.15) is 26.3 Å². The van der Waals surface area contributed by atoms with Crippen LogP contribution in [0.4, 0.5) is 0 Å². The number of carbonyl (C=O) groups is 2. The Bertz CT molecular complexity index is 993. The molecule has 0 fully saturated rings. The molecule has 3 rings (SSSR count). The third kappa shape index (κ3) is 3.12. The van der Waals surface area contributed by atoms with E-state index >= 15 is 0 Å². The fourth-order valence-electron chi connectivity index (χ4n) is 2.49. The Labute approximate surface area is 142 Å². The number of nitriles is 1. The maximum absolute atomic E-state index is 10.9. The zero-order chi connectivity index (χ0) is 18.0. The number of nitrogens with zero attached hydrogens (tertiary/aromatic N) is 2. The second-order valence-electron chi connectivity index (χ2n) is 5.34. The smallest absolute Gasteiger partial charge is 0.335 e. The van der Waals surface area contributed by atoms with E-state index in [0.29, 0.717) is 11.1 Å². The fraction of sp³-hybridized carbons (Fsp3) is 0. The Morgan fingerprint density at radius 2 is 1.36 bits per heavy atom. The third-order valence-corrected chi connectivity index (χ3v) is 3.80. The molecule has 0 saturated heterocycles. The van der Waals surface area contributed by atoms with Gasteiger partial charge < -0.3 is 14.8 Å². The quantitative estimate of drug-likeness (QED) is 0.762. The molecule has 2 aromatic carbocycles. The van der Waals surface area contributed by atoms with Crippen molar-refractivity contribution in [2.24, 2.45) is 0 Å². The van der Waals surface area contributed by atoms with Crippen molar-refractivity contribution in [2.45, 2.75) is 0 Å². The normalized spacial score (nSPS) is 10.2. The standard InChI is InChI=1S/C19H12N2O4/c20-9-15-10-21(16-7-5-14(6-8-16)19(24)25)11-17(15)12-1-3-13(4-2-12)18(22)23/h1-8,10-11H,(H,22,23)(H,24,25). The van der Waals surface area contributed by atoms with Crippen molar-refractivity contribution < 1.29 is 19.8 Å². The Balaban J connectivity index is 2.01. The molecule has 0 saturated carbocycles. The van der Waals surface area contributed by atoms with Gasteiger partial charge in [0.25, 0.3) is 0 Å². The summed E-state index contributed by atoms with van der Waals surface area (Å²) >= 11 is 0. The number of aromatic carboxylic acids is 2. The first-order valence-electron chi connectivity index (χ1n) is 7.29. The lowest BCUT2D eigenvalue weighted by atomic mass is 10.0. The second-order valence-corrected chi connectivity index (χ2v) is 5.34. The van der Waals surface area contributed by atoms with Crippen LogP contribution in [0.25, 0.3) is 16.8 Å². The first kappa shape index (κ1) is 16.0. The Morgan fingerprint density at radius 1 is 0.840 bits per heavy atom. The molecule has 1 aromatic heterocycles. The second kappa shape index (κ2) is 6.34. The van der Waals surface area contributed by atoms with Crippen molar-refractivity contribution in [3.63, 3.8) is 0 Å². The predicted octanol–water partition coefficient (Wildman–Crippen LogP) is 3.41. The highest BCUT2D eigenvalue weighted by Crippen LogP contribution is 2.26. The van der Waals surface area contributed by atoms with Gasteiger partial charge in [-0.25, -0.2) is 9.59 Å². The van der Waals surface area contributed by atoms with Gasteiger partial charge in [-0.3, -0.25) is 0 Å². The summed E-state index contributed by atoms with van der Waals surface area (Å²) in [5, 5.41) is 27.3. The molecule has 0 spiro atoms. The van der Waals surface area contributed by atoms with Gasteiger partial charge in [0.1, 0.15) is 6.07 Å². The molecular weight excluding hydrogens is 320 g/mol. The average Bonchev–Trinajstić information content (AvgIpc) is 3.06. The van der Waals surface area contributed by atoms with Gasteiger partial charge in [0.15, 0.2) is 0 Å². The van der Waals surface area contributed by atoms with Gasteiger partial charge in [-0.1, -0.05) is 12.1 Å². The molecule has 3 aromatic rings. The lowest BCUT2D eigenvalue weighted by molar-refractivity contribution is 0.0686. The van der Waals surface area contributed by atoms with Crippen LogP contribution in [0.2, 0.25) is 0 Å². The SMILES string of the molecule is N#Cc1cn(-c2ccc(C(=O)O)cc2)cc1-c1ccc(C(=O)O)cc1. The highest BCUT2D eigenvalue weighted by atomic mass is 16.4. The topological polar surface area (TPSA) is 103 Å². The number of hydrogen-bond acceptors (Lipinski definition) is 3. The van der Waals surface area contributed by atoms with Crippen LogP contribution in [0, 0.1) is 11.3 Å². The minimum atomic E-state index is -1.01. The summed E-state index contributed by atoms with van der Waals surface area (Å²) < 4.78 is 1.73. The summed E-state index contributed by atoms with van der Waals surface area (Å²) in [7, 11) is 0. The van der Waals surface area contributed by atoms with E-state index in [1.165, 1.54) is 24.3 Å². The van der Waals surface area contributed by atoms with Crippen LogP contribution in [-0.4, -0.2) is 26.7 Å². The predicted molar refractivity (Wildman–Crippen MR) is 89.8 cm³/mol. The molecule has 6 nitrogen and oxygen atoms in total. The number of aromatic nitrogens is 1. The number of hydrogen-bond donors (Lipinski definition) is 2. The zero-order valence-corrected chi connectivity index (χ0v) is 12.9. The van der Waals surface area contributed by atoms with E-state index in [1.807, 2.05) is 0 Å². The Morgan fingerprint density at radius 3 is 1.84 bits per heavy atom. The first-order chi connectivity index (χ1) is 12.0. The van der Waals surface area contributed by atoms with Gasteiger partial charge in [-0.2, -0.15) is 5.26 Å². The minimum Gasteiger partial charge on any atom is -0.478 e. The number of benzene rings is 2. The molecule has 25 heavy (non-hydrogen) atoms. The van der Waals surface area contributed by atoms with E-state index in [2.05, 4.69) is 6.07 Å². The van der Waals surface area contributed by atoms with Crippen LogP contribution in [-0.2, 0) is 0 Å². The molecule has 0 radical (unpaired) electrons. The maximum atomic E-state index is 10.9. The van der Waals surface area contributed by atoms with Gasteiger partial charge in [-0.15, -0.1) is 0 Å². The molecule has 0 atom stereocenters. The molecule has 0 aliphatic rings. The third-order valence-electron chi connectivity index (χ3n) is 3.80. The van der Waals surface area contributed by atoms with Crippen molar-refractivity contribution in [1.82, 2.24) is 4.57 Å². The van der Waals surface area contributed by atoms with Crippen LogP contribution in [0.15, 0.2) is 60.9 Å². The summed E-state index contributed by atoms with van der Waals surface area (Å²) in [6, 6.07) is 14.7. The summed E-state index contributed by atoms with van der Waals surface area (Å²) in [6.07, 6.45) is 3.40. The van der Waals surface area contributed by atoms with Crippen molar-refractivity contribution in [2.75, 3.05) is 0 Å². The first-order valence-corrected chi connectivity index (χ1v) is 7.29. The summed E-state index contributed by atoms with van der Waals surface area (Å²) in [5.41, 5.74) is 2.90. The van der Waals surface area contributed by atoms with Crippen LogP contribution in [0.3, 0.4) is 0 Å². The maximum Gasteiger partial charge on any atom is 0.335 e. The zero-order valence-electron chi connectivity index (χ0n) is 12.9. The average molecular weight is 332 g/mol. The van der Waals surface area contributed by atoms with Gasteiger partial charge in [0.2, 0.25) is 0 Å².